The van der Waals surface area contributed by atoms with Crippen molar-refractivity contribution in [3.05, 3.63) is 53.7 Å². The lowest BCUT2D eigenvalue weighted by Gasteiger charge is -2.28. The molecule has 3 rings (SSSR count). The minimum absolute atomic E-state index is 0.261. The van der Waals surface area contributed by atoms with Gasteiger partial charge in [-0.3, -0.25) is 4.79 Å². The Bertz CT molecular complexity index is 740. The molecule has 0 radical (unpaired) electrons. The number of carbonyl (C=O) groups excluding carboxylic acids is 1. The number of morpholine rings is 1. The van der Waals surface area contributed by atoms with E-state index in [0.717, 1.165) is 30.2 Å². The highest BCUT2D eigenvalue weighted by Gasteiger charge is 2.30. The number of nitrogens with two attached hydrogens (primary N) is 1. The average molecular weight is 340 g/mol. The van der Waals surface area contributed by atoms with Gasteiger partial charge in [0.1, 0.15) is 11.4 Å². The molecular weight excluding hydrogens is 316 g/mol. The molecule has 3 N–H and O–H groups in total. The molecule has 6 heteroatoms. The Hall–Kier alpha value is -2.44. The van der Waals surface area contributed by atoms with Gasteiger partial charge < -0.3 is 20.7 Å². The fourth-order valence-electron chi connectivity index (χ4n) is 2.82. The minimum Gasteiger partial charge on any atom is -0.378 e. The van der Waals surface area contributed by atoms with Crippen LogP contribution in [0.25, 0.3) is 0 Å². The van der Waals surface area contributed by atoms with E-state index in [1.54, 1.807) is 6.92 Å². The van der Waals surface area contributed by atoms with Gasteiger partial charge in [-0.25, -0.2) is 4.98 Å². The molecular formula is C19H24N4O2. The van der Waals surface area contributed by atoms with Crippen LogP contribution in [0.4, 0.5) is 11.5 Å². The molecule has 0 aliphatic carbocycles. The molecule has 2 heterocycles. The SMILES string of the molecule is Cc1nc(N2CCOCC2)ccc1NC(=O)C(C)(N)c1ccccc1. The third kappa shape index (κ3) is 3.81. The van der Waals surface area contributed by atoms with Crippen molar-refractivity contribution < 1.29 is 9.53 Å². The molecule has 1 aromatic carbocycles. The van der Waals surface area contributed by atoms with Crippen LogP contribution in [-0.4, -0.2) is 37.2 Å². The Morgan fingerprint density at radius 1 is 1.20 bits per heavy atom. The largest absolute Gasteiger partial charge is 0.378 e. The molecule has 1 unspecified atom stereocenters. The van der Waals surface area contributed by atoms with Gasteiger partial charge in [-0.2, -0.15) is 0 Å². The van der Waals surface area contributed by atoms with Crippen LogP contribution in [0.1, 0.15) is 18.2 Å². The number of anilines is 2. The van der Waals surface area contributed by atoms with E-state index in [1.165, 1.54) is 0 Å². The lowest BCUT2D eigenvalue weighted by atomic mass is 9.92. The highest BCUT2D eigenvalue weighted by Crippen LogP contribution is 2.23. The van der Waals surface area contributed by atoms with E-state index in [9.17, 15) is 4.79 Å². The first kappa shape index (κ1) is 17.4. The van der Waals surface area contributed by atoms with Crippen molar-refractivity contribution >= 4 is 17.4 Å². The van der Waals surface area contributed by atoms with E-state index in [4.69, 9.17) is 10.5 Å². The van der Waals surface area contributed by atoms with Crippen LogP contribution < -0.4 is 16.0 Å². The summed E-state index contributed by atoms with van der Waals surface area (Å²) in [4.78, 5) is 19.5. The van der Waals surface area contributed by atoms with Crippen LogP contribution in [0.2, 0.25) is 0 Å². The van der Waals surface area contributed by atoms with Crippen molar-refractivity contribution in [2.24, 2.45) is 5.73 Å². The third-order valence-corrected chi connectivity index (χ3v) is 4.50. The van der Waals surface area contributed by atoms with Crippen LogP contribution in [0.3, 0.4) is 0 Å². The molecule has 25 heavy (non-hydrogen) atoms. The van der Waals surface area contributed by atoms with E-state index < -0.39 is 5.54 Å². The summed E-state index contributed by atoms with van der Waals surface area (Å²) in [7, 11) is 0. The second-order valence-electron chi connectivity index (χ2n) is 6.42. The number of amides is 1. The number of nitrogens with zero attached hydrogens (tertiary/aromatic N) is 2. The minimum atomic E-state index is -1.11. The van der Waals surface area contributed by atoms with Gasteiger partial charge in [0.2, 0.25) is 5.91 Å². The van der Waals surface area contributed by atoms with E-state index >= 15 is 0 Å². The van der Waals surface area contributed by atoms with E-state index in [2.05, 4.69) is 15.2 Å². The van der Waals surface area contributed by atoms with Crippen molar-refractivity contribution in [3.8, 4) is 0 Å². The van der Waals surface area contributed by atoms with Gasteiger partial charge in [0.15, 0.2) is 0 Å². The number of carbonyl (C=O) groups is 1. The maximum absolute atomic E-state index is 12.7. The van der Waals surface area contributed by atoms with Gasteiger partial charge in [0.25, 0.3) is 0 Å². The quantitative estimate of drug-likeness (QED) is 0.890. The monoisotopic (exact) mass is 340 g/mol. The Morgan fingerprint density at radius 2 is 1.88 bits per heavy atom. The summed E-state index contributed by atoms with van der Waals surface area (Å²) in [6.45, 7) is 6.67. The molecule has 1 aliphatic rings. The van der Waals surface area contributed by atoms with Crippen LogP contribution in [-0.2, 0) is 15.1 Å². The number of ether oxygens (including phenoxy) is 1. The maximum Gasteiger partial charge on any atom is 0.248 e. The van der Waals surface area contributed by atoms with Gasteiger partial charge >= 0.3 is 0 Å². The number of rotatable bonds is 4. The highest BCUT2D eigenvalue weighted by atomic mass is 16.5. The summed E-state index contributed by atoms with van der Waals surface area (Å²) in [5.74, 6) is 0.639. The smallest absolute Gasteiger partial charge is 0.248 e. The zero-order valence-corrected chi connectivity index (χ0v) is 14.7. The predicted molar refractivity (Wildman–Crippen MR) is 98.6 cm³/mol. The first-order valence-corrected chi connectivity index (χ1v) is 8.44. The second-order valence-corrected chi connectivity index (χ2v) is 6.42. The molecule has 1 aliphatic heterocycles. The first-order chi connectivity index (χ1) is 12.0. The standard InChI is InChI=1S/C19H24N4O2/c1-14-16(8-9-17(21-14)23-10-12-25-13-11-23)22-18(24)19(2,20)15-6-4-3-5-7-15/h3-9H,10-13,20H2,1-2H3,(H,22,24). The molecule has 1 aromatic heterocycles. The molecule has 1 fully saturated rings. The van der Waals surface area contributed by atoms with Crippen LogP contribution in [0, 0.1) is 6.92 Å². The Kier molecular flexibility index (Phi) is 5.01. The average Bonchev–Trinajstić information content (AvgIpc) is 2.64. The topological polar surface area (TPSA) is 80.5 Å². The molecule has 0 spiro atoms. The number of aromatic nitrogens is 1. The normalized spacial score (nSPS) is 17.0. The summed E-state index contributed by atoms with van der Waals surface area (Å²) < 4.78 is 5.37. The maximum atomic E-state index is 12.7. The molecule has 0 saturated carbocycles. The number of hydrogen-bond donors (Lipinski definition) is 2. The third-order valence-electron chi connectivity index (χ3n) is 4.50. The summed E-state index contributed by atoms with van der Waals surface area (Å²) in [5, 5.41) is 2.91. The fraction of sp³-hybridized carbons (Fsp3) is 0.368. The number of hydrogen-bond acceptors (Lipinski definition) is 5. The highest BCUT2D eigenvalue weighted by molar-refractivity contribution is 5.98. The summed E-state index contributed by atoms with van der Waals surface area (Å²) in [6.07, 6.45) is 0. The van der Waals surface area contributed by atoms with Crippen molar-refractivity contribution in [3.63, 3.8) is 0 Å². The van der Waals surface area contributed by atoms with Crippen molar-refractivity contribution in [2.45, 2.75) is 19.4 Å². The van der Waals surface area contributed by atoms with E-state index in [0.29, 0.717) is 18.9 Å². The van der Waals surface area contributed by atoms with E-state index in [1.807, 2.05) is 49.4 Å². The Labute approximate surface area is 148 Å². The number of aryl methyl sites for hydroxylation is 1. The van der Waals surface area contributed by atoms with Crippen LogP contribution in [0.15, 0.2) is 42.5 Å². The van der Waals surface area contributed by atoms with Crippen LogP contribution >= 0.6 is 0 Å². The summed E-state index contributed by atoms with van der Waals surface area (Å²) in [6, 6.07) is 13.2. The number of benzene rings is 1. The Balaban J connectivity index is 1.75. The van der Waals surface area contributed by atoms with E-state index in [-0.39, 0.29) is 5.91 Å². The molecule has 1 atom stereocenters. The lowest BCUT2D eigenvalue weighted by Crippen LogP contribution is -2.45. The summed E-state index contributed by atoms with van der Waals surface area (Å²) in [5.41, 5.74) is 7.36. The van der Waals surface area contributed by atoms with Gasteiger partial charge in [0, 0.05) is 13.1 Å². The summed E-state index contributed by atoms with van der Waals surface area (Å²) >= 11 is 0. The Morgan fingerprint density at radius 3 is 2.52 bits per heavy atom. The van der Waals surface area contributed by atoms with Gasteiger partial charge in [-0.05, 0) is 31.5 Å². The van der Waals surface area contributed by atoms with Gasteiger partial charge in [0.05, 0.1) is 24.6 Å². The number of nitrogens with one attached hydrogen (secondary N) is 1. The zero-order valence-electron chi connectivity index (χ0n) is 14.7. The van der Waals surface area contributed by atoms with Gasteiger partial charge in [-0.1, -0.05) is 30.3 Å². The van der Waals surface area contributed by atoms with Crippen LogP contribution in [0.5, 0.6) is 0 Å². The molecule has 1 amide bonds. The van der Waals surface area contributed by atoms with Crippen molar-refractivity contribution in [1.82, 2.24) is 4.98 Å². The number of pyridine rings is 1. The second kappa shape index (κ2) is 7.21. The molecule has 0 bridgehead atoms. The molecule has 132 valence electrons. The predicted octanol–water partition coefficient (Wildman–Crippen LogP) is 2.04. The van der Waals surface area contributed by atoms with Gasteiger partial charge in [-0.15, -0.1) is 0 Å². The lowest BCUT2D eigenvalue weighted by molar-refractivity contribution is -0.120. The molecule has 6 nitrogen and oxygen atoms in total. The molecule has 1 saturated heterocycles. The van der Waals surface area contributed by atoms with Crippen molar-refractivity contribution in [1.29, 1.82) is 0 Å². The van der Waals surface area contributed by atoms with Crippen molar-refractivity contribution in [2.75, 3.05) is 36.5 Å². The first-order valence-electron chi connectivity index (χ1n) is 8.44. The fourth-order valence-corrected chi connectivity index (χ4v) is 2.82. The zero-order chi connectivity index (χ0) is 17.9. The molecule has 2 aromatic rings.